The molecule has 1 N–H and O–H groups in total. The quantitative estimate of drug-likeness (QED) is 0.372. The van der Waals surface area contributed by atoms with Gasteiger partial charge in [-0.15, -0.1) is 11.3 Å². The van der Waals surface area contributed by atoms with Crippen LogP contribution < -0.4 is 5.48 Å². The molecule has 1 heterocycles. The highest BCUT2D eigenvalue weighted by Crippen LogP contribution is 2.28. The zero-order valence-electron chi connectivity index (χ0n) is 21.2. The molecule has 5 nitrogen and oxygen atoms in total. The van der Waals surface area contributed by atoms with E-state index in [1.54, 1.807) is 6.92 Å². The fourth-order valence-electron chi connectivity index (χ4n) is 5.10. The van der Waals surface area contributed by atoms with Crippen molar-refractivity contribution in [2.45, 2.75) is 64.3 Å². The van der Waals surface area contributed by atoms with Crippen LogP contribution in [0.2, 0.25) is 0 Å². The van der Waals surface area contributed by atoms with Gasteiger partial charge in [0.2, 0.25) is 0 Å². The molecule has 0 fully saturated rings. The lowest BCUT2D eigenvalue weighted by Gasteiger charge is -2.35. The Hall–Kier alpha value is -2.96. The van der Waals surface area contributed by atoms with Crippen LogP contribution in [0, 0.1) is 0 Å². The van der Waals surface area contributed by atoms with Crippen molar-refractivity contribution in [2.24, 2.45) is 0 Å². The normalized spacial score (nSPS) is 15.8. The van der Waals surface area contributed by atoms with Gasteiger partial charge in [-0.05, 0) is 79.3 Å². The Kier molecular flexibility index (Phi) is 9.31. The van der Waals surface area contributed by atoms with E-state index in [2.05, 4.69) is 40.9 Å². The smallest absolute Gasteiger partial charge is 0.336 e. The molecule has 1 aliphatic carbocycles. The predicted molar refractivity (Wildman–Crippen MR) is 145 cm³/mol. The standard InChI is InChI=1S/C30H36N2O3S/c1-3-17-32(18-16-27-13-8-19-36-27)26-14-15-28-24(20-26)11-7-12-25(28)21-29(33)35-31-30(34)22(2)23-9-5-4-6-10-23/h4-13,19,22,26H,3,14-18,20-21H2,1-2H3,(H,31,34)/t22?,26-/m0/s1. The van der Waals surface area contributed by atoms with Crippen molar-refractivity contribution in [3.8, 4) is 0 Å². The second-order valence-electron chi connectivity index (χ2n) is 9.57. The van der Waals surface area contributed by atoms with Crippen LogP contribution in [0.4, 0.5) is 0 Å². The molecule has 0 spiro atoms. The first-order valence-electron chi connectivity index (χ1n) is 13.0. The zero-order chi connectivity index (χ0) is 25.3. The van der Waals surface area contributed by atoms with E-state index in [1.807, 2.05) is 53.8 Å². The molecule has 1 aliphatic rings. The van der Waals surface area contributed by atoms with Crippen molar-refractivity contribution in [3.05, 3.63) is 93.2 Å². The molecule has 2 atom stereocenters. The van der Waals surface area contributed by atoms with Crippen LogP contribution in [-0.4, -0.2) is 35.9 Å². The Morgan fingerprint density at radius 2 is 1.92 bits per heavy atom. The molecule has 0 bridgehead atoms. The van der Waals surface area contributed by atoms with E-state index in [4.69, 9.17) is 4.84 Å². The lowest BCUT2D eigenvalue weighted by molar-refractivity contribution is -0.158. The average molecular weight is 505 g/mol. The fraction of sp³-hybridized carbons (Fsp3) is 0.400. The van der Waals surface area contributed by atoms with Crippen LogP contribution in [0.25, 0.3) is 0 Å². The molecule has 0 saturated heterocycles. The molecule has 0 aliphatic heterocycles. The number of hydroxylamine groups is 1. The highest BCUT2D eigenvalue weighted by molar-refractivity contribution is 7.09. The lowest BCUT2D eigenvalue weighted by Crippen LogP contribution is -2.41. The molecule has 0 saturated carbocycles. The van der Waals surface area contributed by atoms with Gasteiger partial charge in [0.15, 0.2) is 0 Å². The van der Waals surface area contributed by atoms with Crippen LogP contribution in [0.1, 0.15) is 59.7 Å². The molecule has 1 unspecified atom stereocenters. The Bertz CT molecular complexity index is 1130. The molecule has 6 heteroatoms. The number of benzene rings is 2. The van der Waals surface area contributed by atoms with Gasteiger partial charge in [0.25, 0.3) is 5.91 Å². The number of carbonyl (C=O) groups excluding carboxylic acids is 2. The number of nitrogens with zero attached hydrogens (tertiary/aromatic N) is 1. The monoisotopic (exact) mass is 504 g/mol. The predicted octanol–water partition coefficient (Wildman–Crippen LogP) is 5.48. The van der Waals surface area contributed by atoms with Gasteiger partial charge in [0.1, 0.15) is 0 Å². The topological polar surface area (TPSA) is 58.6 Å². The van der Waals surface area contributed by atoms with Crippen molar-refractivity contribution < 1.29 is 14.4 Å². The van der Waals surface area contributed by atoms with Crippen LogP contribution in [0.5, 0.6) is 0 Å². The molecular formula is C30H36N2O3S. The Labute approximate surface area is 218 Å². The minimum absolute atomic E-state index is 0.158. The first kappa shape index (κ1) is 26.1. The number of rotatable bonds is 10. The first-order chi connectivity index (χ1) is 17.5. The van der Waals surface area contributed by atoms with Crippen LogP contribution in [-0.2, 0) is 40.1 Å². The Balaban J connectivity index is 1.33. The van der Waals surface area contributed by atoms with Crippen molar-refractivity contribution in [1.82, 2.24) is 10.4 Å². The van der Waals surface area contributed by atoms with Gasteiger partial charge in [-0.1, -0.05) is 61.5 Å². The third-order valence-corrected chi connectivity index (χ3v) is 8.04. The number of carbonyl (C=O) groups is 2. The Morgan fingerprint density at radius 1 is 1.08 bits per heavy atom. The number of nitrogens with one attached hydrogen (secondary N) is 1. The second kappa shape index (κ2) is 12.8. The van der Waals surface area contributed by atoms with Gasteiger partial charge in [0.05, 0.1) is 12.3 Å². The van der Waals surface area contributed by atoms with E-state index in [9.17, 15) is 9.59 Å². The molecular weight excluding hydrogens is 468 g/mol. The maximum Gasteiger partial charge on any atom is 0.336 e. The van der Waals surface area contributed by atoms with Crippen molar-refractivity contribution >= 4 is 23.2 Å². The number of thiophene rings is 1. The third kappa shape index (κ3) is 6.83. The summed E-state index contributed by atoms with van der Waals surface area (Å²) in [6, 6.07) is 20.6. The van der Waals surface area contributed by atoms with E-state index in [0.29, 0.717) is 6.04 Å². The lowest BCUT2D eigenvalue weighted by atomic mass is 9.84. The SMILES string of the molecule is CCCN(CCc1cccs1)[C@H]1CCc2c(CC(=O)ONC(=O)C(C)c3ccccc3)cccc2C1. The van der Waals surface area contributed by atoms with Crippen LogP contribution in [0.3, 0.4) is 0 Å². The number of hydrogen-bond donors (Lipinski definition) is 1. The van der Waals surface area contributed by atoms with Gasteiger partial charge in [-0.2, -0.15) is 5.48 Å². The maximum atomic E-state index is 12.6. The molecule has 1 aromatic heterocycles. The second-order valence-corrected chi connectivity index (χ2v) is 10.6. The van der Waals surface area contributed by atoms with Gasteiger partial charge in [-0.25, -0.2) is 4.79 Å². The van der Waals surface area contributed by atoms with Crippen LogP contribution in [0.15, 0.2) is 66.0 Å². The third-order valence-electron chi connectivity index (χ3n) is 7.10. The number of amides is 1. The molecule has 2 aromatic carbocycles. The molecule has 4 rings (SSSR count). The van der Waals surface area contributed by atoms with Crippen molar-refractivity contribution in [2.75, 3.05) is 13.1 Å². The van der Waals surface area contributed by atoms with Crippen LogP contribution >= 0.6 is 11.3 Å². The van der Waals surface area contributed by atoms with Gasteiger partial charge >= 0.3 is 5.97 Å². The van der Waals surface area contributed by atoms with Gasteiger partial charge < -0.3 is 4.84 Å². The first-order valence-corrected chi connectivity index (χ1v) is 13.8. The highest BCUT2D eigenvalue weighted by atomic mass is 32.1. The summed E-state index contributed by atoms with van der Waals surface area (Å²) in [5, 5.41) is 2.15. The number of hydrogen-bond acceptors (Lipinski definition) is 5. The largest absolute Gasteiger partial charge is 0.340 e. The van der Waals surface area contributed by atoms with Gasteiger partial charge in [-0.3, -0.25) is 9.69 Å². The van der Waals surface area contributed by atoms with E-state index < -0.39 is 11.9 Å². The summed E-state index contributed by atoms with van der Waals surface area (Å²) in [6.07, 6.45) is 5.46. The van der Waals surface area contributed by atoms with Crippen molar-refractivity contribution in [3.63, 3.8) is 0 Å². The van der Waals surface area contributed by atoms with E-state index >= 15 is 0 Å². The molecule has 3 aromatic rings. The minimum atomic E-state index is -0.442. The summed E-state index contributed by atoms with van der Waals surface area (Å²) in [7, 11) is 0. The summed E-state index contributed by atoms with van der Waals surface area (Å²) < 4.78 is 0. The van der Waals surface area contributed by atoms with Gasteiger partial charge in [0, 0.05) is 17.5 Å². The number of fused-ring (bicyclic) bond motifs is 1. The summed E-state index contributed by atoms with van der Waals surface area (Å²) in [4.78, 5) is 34.2. The molecule has 1 amide bonds. The molecule has 0 radical (unpaired) electrons. The fourth-order valence-corrected chi connectivity index (χ4v) is 5.80. The summed E-state index contributed by atoms with van der Waals surface area (Å²) in [5.41, 5.74) is 6.83. The minimum Gasteiger partial charge on any atom is -0.340 e. The van der Waals surface area contributed by atoms with Crippen molar-refractivity contribution in [1.29, 1.82) is 0 Å². The summed E-state index contributed by atoms with van der Waals surface area (Å²) >= 11 is 1.84. The maximum absolute atomic E-state index is 12.6. The zero-order valence-corrected chi connectivity index (χ0v) is 22.1. The molecule has 36 heavy (non-hydrogen) atoms. The summed E-state index contributed by atoms with van der Waals surface area (Å²) in [6.45, 7) is 6.24. The van der Waals surface area contributed by atoms with E-state index in [-0.39, 0.29) is 12.3 Å². The highest BCUT2D eigenvalue weighted by Gasteiger charge is 2.26. The van der Waals surface area contributed by atoms with E-state index in [1.165, 1.54) is 16.0 Å². The summed E-state index contributed by atoms with van der Waals surface area (Å²) in [5.74, 6) is -1.17. The van der Waals surface area contributed by atoms with E-state index in [0.717, 1.165) is 56.3 Å². The average Bonchev–Trinajstić information content (AvgIpc) is 3.43. The molecule has 190 valence electrons. The Morgan fingerprint density at radius 3 is 2.67 bits per heavy atom.